The summed E-state index contributed by atoms with van der Waals surface area (Å²) in [5, 5.41) is 23.5. The van der Waals surface area contributed by atoms with Gasteiger partial charge in [0.1, 0.15) is 9.09 Å². The minimum absolute atomic E-state index is 0.133. The van der Waals surface area contributed by atoms with E-state index in [2.05, 4.69) is 10.3 Å². The number of aromatic carboxylic acids is 1. The lowest BCUT2D eigenvalue weighted by molar-refractivity contribution is -0.387. The molecule has 0 aliphatic rings. The number of nitrogens with zero attached hydrogens (tertiary/aromatic N) is 2. The largest absolute Gasteiger partial charge is 0.478 e. The number of nitro groups is 1. The van der Waals surface area contributed by atoms with Crippen molar-refractivity contribution in [1.29, 1.82) is 0 Å². The maximum atomic E-state index is 12.5. The quantitative estimate of drug-likeness (QED) is 0.352. The zero-order valence-electron chi connectivity index (χ0n) is 14.8. The Morgan fingerprint density at radius 1 is 1.20 bits per heavy atom. The molecule has 0 fully saturated rings. The Hall–Kier alpha value is -2.66. The lowest BCUT2D eigenvalue weighted by Crippen LogP contribution is -2.21. The van der Waals surface area contributed by atoms with Crippen LogP contribution in [0.1, 0.15) is 25.6 Å². The SMILES string of the molecule is O=C(O)c1ccc(CNC(=O)c2cc([N+](=O)[O-])c(Sc3c(Cl)cncc3Cl)s2)cc1. The van der Waals surface area contributed by atoms with Crippen LogP contribution in [0.4, 0.5) is 5.69 Å². The molecule has 12 heteroatoms. The van der Waals surface area contributed by atoms with Gasteiger partial charge in [-0.05, 0) is 17.7 Å². The van der Waals surface area contributed by atoms with Crippen LogP contribution in [0.25, 0.3) is 0 Å². The second kappa shape index (κ2) is 9.43. The number of nitrogens with one attached hydrogen (secondary N) is 1. The highest BCUT2D eigenvalue weighted by atomic mass is 35.5. The van der Waals surface area contributed by atoms with E-state index in [1.54, 1.807) is 12.1 Å². The summed E-state index contributed by atoms with van der Waals surface area (Å²) in [4.78, 5) is 38.6. The maximum absolute atomic E-state index is 12.5. The zero-order valence-corrected chi connectivity index (χ0v) is 17.9. The van der Waals surface area contributed by atoms with E-state index in [1.165, 1.54) is 30.6 Å². The predicted molar refractivity (Wildman–Crippen MR) is 114 cm³/mol. The molecule has 2 N–H and O–H groups in total. The minimum Gasteiger partial charge on any atom is -0.478 e. The fraction of sp³-hybridized carbons (Fsp3) is 0.0556. The van der Waals surface area contributed by atoms with Crippen molar-refractivity contribution in [2.24, 2.45) is 0 Å². The van der Waals surface area contributed by atoms with E-state index >= 15 is 0 Å². The second-order valence-electron chi connectivity index (χ2n) is 5.76. The van der Waals surface area contributed by atoms with E-state index in [0.29, 0.717) is 10.5 Å². The number of benzene rings is 1. The highest BCUT2D eigenvalue weighted by Gasteiger charge is 2.24. The van der Waals surface area contributed by atoms with Crippen molar-refractivity contribution in [3.05, 3.63) is 78.9 Å². The summed E-state index contributed by atoms with van der Waals surface area (Å²) < 4.78 is 0.256. The van der Waals surface area contributed by atoms with Crippen LogP contribution in [0.15, 0.2) is 51.8 Å². The highest BCUT2D eigenvalue weighted by Crippen LogP contribution is 2.45. The first-order chi connectivity index (χ1) is 14.3. The van der Waals surface area contributed by atoms with Gasteiger partial charge in [-0.2, -0.15) is 0 Å². The zero-order chi connectivity index (χ0) is 21.8. The maximum Gasteiger partial charge on any atom is 0.335 e. The van der Waals surface area contributed by atoms with Crippen LogP contribution in [0.3, 0.4) is 0 Å². The van der Waals surface area contributed by atoms with Gasteiger partial charge in [0.05, 0.1) is 25.4 Å². The molecular formula is C18H11Cl2N3O5S2. The smallest absolute Gasteiger partial charge is 0.335 e. The molecule has 1 aromatic carbocycles. The van der Waals surface area contributed by atoms with E-state index in [-0.39, 0.29) is 36.9 Å². The van der Waals surface area contributed by atoms with Crippen molar-refractivity contribution in [1.82, 2.24) is 10.3 Å². The lowest BCUT2D eigenvalue weighted by Gasteiger charge is -2.04. The summed E-state index contributed by atoms with van der Waals surface area (Å²) in [7, 11) is 0. The molecule has 0 aliphatic heterocycles. The molecule has 0 saturated heterocycles. The Bertz CT molecular complexity index is 1120. The monoisotopic (exact) mass is 483 g/mol. The molecule has 0 saturated carbocycles. The summed E-state index contributed by atoms with van der Waals surface area (Å²) >= 11 is 14.1. The van der Waals surface area contributed by atoms with Crippen LogP contribution in [0.2, 0.25) is 10.0 Å². The number of carbonyl (C=O) groups is 2. The van der Waals surface area contributed by atoms with Crippen molar-refractivity contribution in [3.8, 4) is 0 Å². The molecule has 3 aromatic rings. The Morgan fingerprint density at radius 3 is 2.40 bits per heavy atom. The third-order valence-electron chi connectivity index (χ3n) is 3.76. The average molecular weight is 484 g/mol. The first-order valence-corrected chi connectivity index (χ1v) is 10.5. The molecule has 1 amide bonds. The van der Waals surface area contributed by atoms with Crippen LogP contribution in [0, 0.1) is 10.1 Å². The second-order valence-corrected chi connectivity index (χ2v) is 8.91. The van der Waals surface area contributed by atoms with Crippen molar-refractivity contribution in [2.45, 2.75) is 15.6 Å². The number of halogens is 2. The first kappa shape index (κ1) is 22.0. The van der Waals surface area contributed by atoms with E-state index in [0.717, 1.165) is 23.1 Å². The van der Waals surface area contributed by atoms with E-state index in [1.807, 2.05) is 0 Å². The molecule has 0 radical (unpaired) electrons. The van der Waals surface area contributed by atoms with Gasteiger partial charge in [-0.15, -0.1) is 11.3 Å². The third-order valence-corrected chi connectivity index (χ3v) is 7.01. The van der Waals surface area contributed by atoms with Crippen LogP contribution in [0.5, 0.6) is 0 Å². The Labute approximate surface area is 188 Å². The number of carbonyl (C=O) groups excluding carboxylic acids is 1. The number of carboxylic acid groups (broad SMARTS) is 1. The molecule has 3 rings (SSSR count). The standard InChI is InChI=1S/C18H11Cl2N3O5S2/c19-11-7-21-8-12(20)15(11)30-18-13(23(27)28)5-14(29-18)16(24)22-6-9-1-3-10(4-2-9)17(25)26/h1-5,7-8H,6H2,(H,22,24)(H,25,26). The van der Waals surface area contributed by atoms with E-state index in [4.69, 9.17) is 28.3 Å². The third kappa shape index (κ3) is 5.08. The normalized spacial score (nSPS) is 10.6. The number of rotatable bonds is 7. The molecule has 8 nitrogen and oxygen atoms in total. The van der Waals surface area contributed by atoms with Crippen LogP contribution < -0.4 is 5.32 Å². The number of amides is 1. The van der Waals surface area contributed by atoms with E-state index < -0.39 is 16.8 Å². The highest BCUT2D eigenvalue weighted by molar-refractivity contribution is 8.01. The topological polar surface area (TPSA) is 122 Å². The average Bonchev–Trinajstić information content (AvgIpc) is 3.14. The molecule has 0 spiro atoms. The summed E-state index contributed by atoms with van der Waals surface area (Å²) in [5.41, 5.74) is 0.586. The fourth-order valence-electron chi connectivity index (χ4n) is 2.30. The van der Waals surface area contributed by atoms with Gasteiger partial charge in [-0.1, -0.05) is 47.1 Å². The van der Waals surface area contributed by atoms with Crippen molar-refractivity contribution in [2.75, 3.05) is 0 Å². The van der Waals surface area contributed by atoms with Gasteiger partial charge in [0, 0.05) is 25.0 Å². The Balaban J connectivity index is 1.77. The van der Waals surface area contributed by atoms with Gasteiger partial charge in [0.15, 0.2) is 0 Å². The van der Waals surface area contributed by atoms with Gasteiger partial charge in [-0.25, -0.2) is 4.79 Å². The van der Waals surface area contributed by atoms with Gasteiger partial charge in [-0.3, -0.25) is 19.9 Å². The molecule has 0 bridgehead atoms. The van der Waals surface area contributed by atoms with Crippen LogP contribution in [-0.2, 0) is 6.54 Å². The number of thiophene rings is 1. The molecule has 0 atom stereocenters. The molecule has 2 aromatic heterocycles. The van der Waals surface area contributed by atoms with Crippen LogP contribution >= 0.6 is 46.3 Å². The first-order valence-electron chi connectivity index (χ1n) is 8.11. The van der Waals surface area contributed by atoms with Crippen molar-refractivity contribution in [3.63, 3.8) is 0 Å². The fourth-order valence-corrected chi connectivity index (χ4v) is 5.08. The number of hydrogen-bond acceptors (Lipinski definition) is 7. The summed E-state index contributed by atoms with van der Waals surface area (Å²) in [6, 6.07) is 7.21. The van der Waals surface area contributed by atoms with E-state index in [9.17, 15) is 19.7 Å². The Kier molecular flexibility index (Phi) is 6.93. The van der Waals surface area contributed by atoms with Gasteiger partial charge in [0.2, 0.25) is 0 Å². The molecule has 0 aliphatic carbocycles. The summed E-state index contributed by atoms with van der Waals surface area (Å²) in [5.74, 6) is -1.54. The van der Waals surface area contributed by atoms with Crippen LogP contribution in [-0.4, -0.2) is 26.9 Å². The summed E-state index contributed by atoms with van der Waals surface area (Å²) in [6.45, 7) is 0.134. The number of pyridine rings is 1. The molecule has 0 unspecified atom stereocenters. The molecule has 30 heavy (non-hydrogen) atoms. The van der Waals surface area contributed by atoms with Gasteiger partial charge in [0.25, 0.3) is 11.6 Å². The molecule has 154 valence electrons. The van der Waals surface area contributed by atoms with Crippen molar-refractivity contribution >= 4 is 63.9 Å². The summed E-state index contributed by atoms with van der Waals surface area (Å²) in [6.07, 6.45) is 2.75. The number of aromatic nitrogens is 1. The number of carboxylic acids is 1. The molecular weight excluding hydrogens is 473 g/mol. The van der Waals surface area contributed by atoms with Gasteiger partial charge < -0.3 is 10.4 Å². The Morgan fingerprint density at radius 2 is 1.83 bits per heavy atom. The predicted octanol–water partition coefficient (Wildman–Crippen LogP) is 5.14. The molecule has 2 heterocycles. The van der Waals surface area contributed by atoms with Crippen molar-refractivity contribution < 1.29 is 19.6 Å². The lowest BCUT2D eigenvalue weighted by atomic mass is 10.1. The van der Waals surface area contributed by atoms with Gasteiger partial charge >= 0.3 is 5.97 Å². The minimum atomic E-state index is -1.05. The number of hydrogen-bond donors (Lipinski definition) is 2.